The summed E-state index contributed by atoms with van der Waals surface area (Å²) in [5, 5.41) is 3.18. The number of carbonyl (C=O) groups is 1. The van der Waals surface area contributed by atoms with Gasteiger partial charge in [0.05, 0.1) is 0 Å². The second kappa shape index (κ2) is 6.56. The van der Waals surface area contributed by atoms with Crippen LogP contribution in [-0.4, -0.2) is 48.5 Å². The van der Waals surface area contributed by atoms with Crippen molar-refractivity contribution in [1.29, 1.82) is 0 Å². The van der Waals surface area contributed by atoms with E-state index in [0.29, 0.717) is 6.42 Å². The van der Waals surface area contributed by atoms with E-state index in [1.807, 2.05) is 17.6 Å². The zero-order valence-electron chi connectivity index (χ0n) is 12.5. The van der Waals surface area contributed by atoms with Crippen LogP contribution in [0.2, 0.25) is 0 Å². The fourth-order valence-corrected chi connectivity index (χ4v) is 3.90. The standard InChI is InChI=1S/C16H20N4OS/c17-15(21)6-8-19-9-11-20(12-10-19,16-18-7-13-22-16)14-4-2-1-3-5-14/h1-5,7,13H,6,8-12H2,(H-,17,21)/p+1. The maximum atomic E-state index is 11.0. The quantitative estimate of drug-likeness (QED) is 0.858. The highest BCUT2D eigenvalue weighted by Gasteiger charge is 2.39. The van der Waals surface area contributed by atoms with Crippen LogP contribution < -0.4 is 10.2 Å². The lowest BCUT2D eigenvalue weighted by Gasteiger charge is -2.42. The molecule has 0 spiro atoms. The molecule has 0 saturated carbocycles. The first kappa shape index (κ1) is 15.1. The molecule has 0 radical (unpaired) electrons. The number of para-hydroxylation sites is 1. The average Bonchev–Trinajstić information content (AvgIpc) is 3.09. The minimum Gasteiger partial charge on any atom is -0.370 e. The van der Waals surface area contributed by atoms with Crippen LogP contribution >= 0.6 is 11.3 Å². The molecule has 22 heavy (non-hydrogen) atoms. The number of benzene rings is 1. The molecule has 116 valence electrons. The number of primary amides is 1. The topological polar surface area (TPSA) is 59.2 Å². The van der Waals surface area contributed by atoms with E-state index < -0.39 is 0 Å². The molecule has 2 N–H and O–H groups in total. The van der Waals surface area contributed by atoms with Crippen molar-refractivity contribution in [2.45, 2.75) is 6.42 Å². The molecule has 6 heteroatoms. The van der Waals surface area contributed by atoms with E-state index in [1.54, 1.807) is 11.3 Å². The first-order chi connectivity index (χ1) is 10.7. The number of amides is 1. The Kier molecular flexibility index (Phi) is 4.52. The molecule has 2 heterocycles. The van der Waals surface area contributed by atoms with E-state index in [-0.39, 0.29) is 5.91 Å². The van der Waals surface area contributed by atoms with E-state index in [9.17, 15) is 4.79 Å². The van der Waals surface area contributed by atoms with Crippen molar-refractivity contribution >= 4 is 28.1 Å². The number of quaternary nitrogens is 1. The van der Waals surface area contributed by atoms with Crippen molar-refractivity contribution in [3.05, 3.63) is 41.9 Å². The van der Waals surface area contributed by atoms with Crippen molar-refractivity contribution in [2.75, 3.05) is 32.7 Å². The number of rotatable bonds is 5. The lowest BCUT2D eigenvalue weighted by Crippen LogP contribution is -2.57. The zero-order chi connectivity index (χ0) is 15.4. The number of nitrogens with two attached hydrogens (primary N) is 1. The Bertz CT molecular complexity index is 606. The SMILES string of the molecule is NC(=O)CCN1CC[N+](c2ccccc2)(c2nccs2)CC1. The summed E-state index contributed by atoms with van der Waals surface area (Å²) in [5.41, 5.74) is 6.54. The normalized spacial score (nSPS) is 18.2. The van der Waals surface area contributed by atoms with Gasteiger partial charge < -0.3 is 5.73 Å². The predicted molar refractivity (Wildman–Crippen MR) is 90.0 cm³/mol. The molecule has 5 nitrogen and oxygen atoms in total. The van der Waals surface area contributed by atoms with Crippen LogP contribution in [0.3, 0.4) is 0 Å². The number of piperazine rings is 1. The second-order valence-electron chi connectivity index (χ2n) is 5.62. The van der Waals surface area contributed by atoms with Crippen LogP contribution in [0.25, 0.3) is 0 Å². The van der Waals surface area contributed by atoms with Gasteiger partial charge in [-0.1, -0.05) is 29.5 Å². The molecule has 1 aromatic heterocycles. The smallest absolute Gasteiger partial charge is 0.291 e. The molecular formula is C16H21N4OS+. The number of hydrogen-bond acceptors (Lipinski definition) is 4. The number of nitrogens with zero attached hydrogens (tertiary/aromatic N) is 3. The van der Waals surface area contributed by atoms with Crippen molar-refractivity contribution < 1.29 is 4.79 Å². The largest absolute Gasteiger partial charge is 0.370 e. The molecule has 1 fully saturated rings. The first-order valence-corrected chi connectivity index (χ1v) is 8.42. The van der Waals surface area contributed by atoms with Gasteiger partial charge in [0, 0.05) is 37.6 Å². The summed E-state index contributed by atoms with van der Waals surface area (Å²) in [7, 11) is 0. The van der Waals surface area contributed by atoms with Crippen LogP contribution in [0.15, 0.2) is 41.9 Å². The van der Waals surface area contributed by atoms with Crippen LogP contribution in [0.1, 0.15) is 6.42 Å². The van der Waals surface area contributed by atoms with Gasteiger partial charge in [-0.25, -0.2) is 4.48 Å². The Hall–Kier alpha value is -1.76. The minimum absolute atomic E-state index is 0.227. The van der Waals surface area contributed by atoms with Gasteiger partial charge in [0.1, 0.15) is 18.8 Å². The Morgan fingerprint density at radius 2 is 2.00 bits per heavy atom. The highest BCUT2D eigenvalue weighted by atomic mass is 32.1. The monoisotopic (exact) mass is 317 g/mol. The molecule has 1 amide bonds. The van der Waals surface area contributed by atoms with Crippen molar-refractivity contribution in [1.82, 2.24) is 14.4 Å². The van der Waals surface area contributed by atoms with E-state index in [4.69, 9.17) is 5.73 Å². The van der Waals surface area contributed by atoms with Crippen LogP contribution in [0.5, 0.6) is 0 Å². The molecule has 0 atom stereocenters. The maximum Gasteiger partial charge on any atom is 0.291 e. The van der Waals surface area contributed by atoms with Crippen LogP contribution in [0.4, 0.5) is 10.8 Å². The minimum atomic E-state index is -0.227. The number of carbonyl (C=O) groups excluding carboxylic acids is 1. The fourth-order valence-electron chi connectivity index (χ4n) is 3.04. The highest BCUT2D eigenvalue weighted by molar-refractivity contribution is 7.13. The lowest BCUT2D eigenvalue weighted by atomic mass is 10.2. The number of thiazole rings is 1. The van der Waals surface area contributed by atoms with Crippen LogP contribution in [-0.2, 0) is 4.79 Å². The van der Waals surface area contributed by atoms with Crippen molar-refractivity contribution in [3.63, 3.8) is 0 Å². The van der Waals surface area contributed by atoms with Gasteiger partial charge in [-0.05, 0) is 12.1 Å². The molecule has 1 aliphatic rings. The summed E-state index contributed by atoms with van der Waals surface area (Å²) in [6.45, 7) is 4.58. The molecule has 1 aromatic carbocycles. The Morgan fingerprint density at radius 1 is 1.27 bits per heavy atom. The highest BCUT2D eigenvalue weighted by Crippen LogP contribution is 2.37. The summed E-state index contributed by atoms with van der Waals surface area (Å²) in [4.78, 5) is 17.9. The van der Waals surface area contributed by atoms with Crippen molar-refractivity contribution in [2.24, 2.45) is 5.73 Å². The molecule has 0 aliphatic carbocycles. The van der Waals surface area contributed by atoms with E-state index >= 15 is 0 Å². The number of hydrogen-bond donors (Lipinski definition) is 1. The van der Waals surface area contributed by atoms with Gasteiger partial charge in [-0.2, -0.15) is 4.98 Å². The summed E-state index contributed by atoms with van der Waals surface area (Å²) >= 11 is 1.71. The first-order valence-electron chi connectivity index (χ1n) is 7.54. The molecule has 2 aromatic rings. The zero-order valence-corrected chi connectivity index (χ0v) is 13.3. The third kappa shape index (κ3) is 3.04. The lowest BCUT2D eigenvalue weighted by molar-refractivity contribution is -0.118. The summed E-state index contributed by atoms with van der Waals surface area (Å²) in [5.74, 6) is -0.227. The molecule has 3 rings (SSSR count). The molecule has 1 aliphatic heterocycles. The van der Waals surface area contributed by atoms with E-state index in [1.165, 1.54) is 5.69 Å². The summed E-state index contributed by atoms with van der Waals surface area (Å²) in [6.07, 6.45) is 2.31. The van der Waals surface area contributed by atoms with Gasteiger partial charge in [-0.15, -0.1) is 0 Å². The second-order valence-corrected chi connectivity index (χ2v) is 6.50. The molecule has 0 bridgehead atoms. The van der Waals surface area contributed by atoms with Gasteiger partial charge in [-0.3, -0.25) is 9.69 Å². The molecule has 0 unspecified atom stereocenters. The Labute approximate surface area is 134 Å². The predicted octanol–water partition coefficient (Wildman–Crippen LogP) is 1.97. The van der Waals surface area contributed by atoms with Gasteiger partial charge >= 0.3 is 0 Å². The fraction of sp³-hybridized carbons (Fsp3) is 0.375. The Balaban J connectivity index is 1.80. The third-order valence-electron chi connectivity index (χ3n) is 4.31. The maximum absolute atomic E-state index is 11.0. The van der Waals surface area contributed by atoms with Crippen molar-refractivity contribution in [3.8, 4) is 0 Å². The van der Waals surface area contributed by atoms with E-state index in [2.05, 4.69) is 34.1 Å². The average molecular weight is 317 g/mol. The third-order valence-corrected chi connectivity index (χ3v) is 5.23. The van der Waals surface area contributed by atoms with Crippen LogP contribution in [0, 0.1) is 0 Å². The van der Waals surface area contributed by atoms with Gasteiger partial charge in [0.2, 0.25) is 5.91 Å². The van der Waals surface area contributed by atoms with Gasteiger partial charge in [0.15, 0.2) is 0 Å². The number of aromatic nitrogens is 1. The van der Waals surface area contributed by atoms with E-state index in [0.717, 1.165) is 42.3 Å². The Morgan fingerprint density at radius 3 is 2.59 bits per heavy atom. The summed E-state index contributed by atoms with van der Waals surface area (Å²) < 4.78 is 0.797. The molecule has 1 saturated heterocycles. The van der Waals surface area contributed by atoms with Gasteiger partial charge in [0.25, 0.3) is 5.13 Å². The summed E-state index contributed by atoms with van der Waals surface area (Å²) in [6, 6.07) is 10.6. The molecular weight excluding hydrogens is 296 g/mol.